The highest BCUT2D eigenvalue weighted by atomic mass is 16.1. The van der Waals surface area contributed by atoms with Crippen LogP contribution in [0.15, 0.2) is 66.0 Å². The third-order valence-corrected chi connectivity index (χ3v) is 4.68. The Labute approximate surface area is 162 Å². The molecule has 0 aliphatic carbocycles. The van der Waals surface area contributed by atoms with Gasteiger partial charge in [0, 0.05) is 29.2 Å². The number of hydrazine groups is 1. The highest BCUT2D eigenvalue weighted by Crippen LogP contribution is 2.26. The van der Waals surface area contributed by atoms with E-state index in [-0.39, 0.29) is 5.91 Å². The lowest BCUT2D eigenvalue weighted by Gasteiger charge is -2.11. The molecule has 1 aliphatic rings. The average Bonchev–Trinajstić information content (AvgIpc) is 3.24. The molecule has 0 radical (unpaired) electrons. The first-order valence-corrected chi connectivity index (χ1v) is 8.96. The number of nitrogens with zero attached hydrogens (tertiary/aromatic N) is 2. The fourth-order valence-electron chi connectivity index (χ4n) is 3.12. The van der Waals surface area contributed by atoms with Gasteiger partial charge in [-0.1, -0.05) is 29.8 Å². The van der Waals surface area contributed by atoms with Gasteiger partial charge in [-0.3, -0.25) is 15.2 Å². The Morgan fingerprint density at radius 1 is 1.00 bits per heavy atom. The van der Waals surface area contributed by atoms with Crippen molar-refractivity contribution in [2.45, 2.75) is 13.8 Å². The molecule has 0 saturated heterocycles. The van der Waals surface area contributed by atoms with E-state index in [1.165, 1.54) is 5.56 Å². The van der Waals surface area contributed by atoms with Crippen LogP contribution in [0.4, 0.5) is 5.69 Å². The molecule has 3 aromatic rings. The van der Waals surface area contributed by atoms with E-state index in [1.54, 1.807) is 24.0 Å². The number of nitrogens with two attached hydrogens (primary N) is 1. The van der Waals surface area contributed by atoms with Gasteiger partial charge in [-0.25, -0.2) is 0 Å². The van der Waals surface area contributed by atoms with E-state index < -0.39 is 0 Å². The van der Waals surface area contributed by atoms with E-state index in [0.717, 1.165) is 33.8 Å². The van der Waals surface area contributed by atoms with Crippen LogP contribution in [0.3, 0.4) is 0 Å². The van der Waals surface area contributed by atoms with Gasteiger partial charge in [0.15, 0.2) is 0 Å². The number of nitrogens with one attached hydrogen (secondary N) is 3. The van der Waals surface area contributed by atoms with Gasteiger partial charge < -0.3 is 5.32 Å². The van der Waals surface area contributed by atoms with Crippen molar-refractivity contribution in [3.05, 3.63) is 83.2 Å². The highest BCUT2D eigenvalue weighted by Gasteiger charge is 2.13. The third kappa shape index (κ3) is 3.62. The Hall–Kier alpha value is -3.55. The molecule has 1 amide bonds. The summed E-state index contributed by atoms with van der Waals surface area (Å²) in [4.78, 5) is 16.5. The molecule has 0 saturated carbocycles. The number of aromatic nitrogens is 1. The second kappa shape index (κ2) is 7.59. The molecule has 1 aromatic heterocycles. The van der Waals surface area contributed by atoms with Crippen LogP contribution in [0.25, 0.3) is 11.1 Å². The van der Waals surface area contributed by atoms with Gasteiger partial charge in [0.2, 0.25) is 5.84 Å². The van der Waals surface area contributed by atoms with Crippen LogP contribution in [-0.4, -0.2) is 16.7 Å². The minimum atomic E-state index is -0.139. The van der Waals surface area contributed by atoms with Crippen LogP contribution in [0, 0.1) is 13.8 Å². The molecule has 0 bridgehead atoms. The maximum atomic E-state index is 12.5. The monoisotopic (exact) mass is 373 g/mol. The van der Waals surface area contributed by atoms with E-state index in [1.807, 2.05) is 37.3 Å². The summed E-state index contributed by atoms with van der Waals surface area (Å²) < 4.78 is 0. The Morgan fingerprint density at radius 3 is 2.50 bits per heavy atom. The Bertz CT molecular complexity index is 1060. The topological polar surface area (TPSA) is 95.0 Å². The lowest BCUT2D eigenvalue weighted by molar-refractivity contribution is -0.713. The summed E-state index contributed by atoms with van der Waals surface area (Å²) in [5, 5.41) is 7.21. The summed E-state index contributed by atoms with van der Waals surface area (Å²) in [6.07, 6.45) is 3.31. The first-order chi connectivity index (χ1) is 13.6. The van der Waals surface area contributed by atoms with Gasteiger partial charge >= 0.3 is 0 Å². The van der Waals surface area contributed by atoms with Crippen LogP contribution in [0.2, 0.25) is 0 Å². The maximum absolute atomic E-state index is 12.5. The molecule has 0 atom stereocenters. The molecular weight excluding hydrogens is 352 g/mol. The number of rotatable bonds is 4. The summed E-state index contributed by atoms with van der Waals surface area (Å²) in [6, 6.07) is 15.8. The van der Waals surface area contributed by atoms with Crippen molar-refractivity contribution in [3.63, 3.8) is 0 Å². The van der Waals surface area contributed by atoms with E-state index in [4.69, 9.17) is 0 Å². The van der Waals surface area contributed by atoms with Crippen molar-refractivity contribution in [1.82, 2.24) is 15.9 Å². The number of hydrogen-bond acceptors (Lipinski definition) is 5. The second-order valence-electron chi connectivity index (χ2n) is 6.63. The minimum absolute atomic E-state index is 0.139. The normalized spacial score (nSPS) is 13.0. The minimum Gasteiger partial charge on any atom is -0.322 e. The number of pyridine rings is 1. The number of quaternary nitrogens is 1. The SMILES string of the molecule is Cc1cnccc1C(=O)Nc1ccc(-c2cc(C3=N[NH2+]NN3)ccc2C)cc1. The van der Waals surface area contributed by atoms with Gasteiger partial charge in [0.05, 0.1) is 0 Å². The fraction of sp³-hybridized carbons (Fsp3) is 0.0952. The van der Waals surface area contributed by atoms with Crippen molar-refractivity contribution in [1.29, 1.82) is 0 Å². The van der Waals surface area contributed by atoms with Gasteiger partial charge in [0.1, 0.15) is 0 Å². The van der Waals surface area contributed by atoms with Crippen molar-refractivity contribution in [3.8, 4) is 11.1 Å². The number of benzene rings is 2. The molecule has 5 N–H and O–H groups in total. The van der Waals surface area contributed by atoms with Crippen LogP contribution in [-0.2, 0) is 0 Å². The summed E-state index contributed by atoms with van der Waals surface area (Å²) in [7, 11) is 0. The summed E-state index contributed by atoms with van der Waals surface area (Å²) in [6.45, 7) is 3.95. The number of amidine groups is 1. The zero-order valence-corrected chi connectivity index (χ0v) is 15.7. The molecule has 28 heavy (non-hydrogen) atoms. The standard InChI is InChI=1S/C21H20N6O/c1-13-3-4-16(20-24-26-27-25-20)11-19(13)15-5-7-17(8-6-15)23-21(28)18-9-10-22-12-14(18)2/h3-12,26-27H,1-2H3,(H,23,28)(H,24,25)/p+1. The predicted molar refractivity (Wildman–Crippen MR) is 108 cm³/mol. The number of anilines is 1. The Kier molecular flexibility index (Phi) is 4.84. The molecule has 7 nitrogen and oxygen atoms in total. The lowest BCUT2D eigenvalue weighted by atomic mass is 9.97. The first-order valence-electron chi connectivity index (χ1n) is 8.96. The molecule has 1 aliphatic heterocycles. The molecule has 2 aromatic carbocycles. The van der Waals surface area contributed by atoms with E-state index in [9.17, 15) is 4.79 Å². The van der Waals surface area contributed by atoms with E-state index >= 15 is 0 Å². The lowest BCUT2D eigenvalue weighted by Crippen LogP contribution is -2.87. The van der Waals surface area contributed by atoms with Crippen LogP contribution < -0.4 is 21.8 Å². The zero-order valence-electron chi connectivity index (χ0n) is 15.7. The smallest absolute Gasteiger partial charge is 0.256 e. The maximum Gasteiger partial charge on any atom is 0.256 e. The van der Waals surface area contributed by atoms with Crippen molar-refractivity contribution in [2.24, 2.45) is 5.10 Å². The molecule has 0 spiro atoms. The molecule has 7 heteroatoms. The zero-order chi connectivity index (χ0) is 19.5. The summed E-state index contributed by atoms with van der Waals surface area (Å²) in [5.41, 5.74) is 14.1. The third-order valence-electron chi connectivity index (χ3n) is 4.68. The molecular formula is C21H21N6O+. The number of hydrogen-bond donors (Lipinski definition) is 4. The molecule has 2 heterocycles. The van der Waals surface area contributed by atoms with Gasteiger partial charge in [-0.15, -0.1) is 5.53 Å². The van der Waals surface area contributed by atoms with Gasteiger partial charge in [0.25, 0.3) is 5.91 Å². The van der Waals surface area contributed by atoms with Crippen LogP contribution in [0.5, 0.6) is 0 Å². The fourth-order valence-corrected chi connectivity index (χ4v) is 3.12. The van der Waals surface area contributed by atoms with Crippen molar-refractivity contribution < 1.29 is 10.3 Å². The van der Waals surface area contributed by atoms with Crippen LogP contribution in [0.1, 0.15) is 27.0 Å². The van der Waals surface area contributed by atoms with Crippen molar-refractivity contribution in [2.75, 3.05) is 5.32 Å². The second-order valence-corrected chi connectivity index (χ2v) is 6.63. The first kappa shape index (κ1) is 17.8. The number of amides is 1. The Morgan fingerprint density at radius 2 is 1.79 bits per heavy atom. The van der Waals surface area contributed by atoms with Crippen LogP contribution >= 0.6 is 0 Å². The molecule has 4 rings (SSSR count). The van der Waals surface area contributed by atoms with Crippen molar-refractivity contribution >= 4 is 17.4 Å². The van der Waals surface area contributed by atoms with E-state index in [2.05, 4.69) is 45.4 Å². The molecule has 140 valence electrons. The highest BCUT2D eigenvalue weighted by molar-refractivity contribution is 6.05. The number of carbonyl (C=O) groups excluding carboxylic acids is 1. The molecule has 0 unspecified atom stereocenters. The summed E-state index contributed by atoms with van der Waals surface area (Å²) in [5.74, 6) is 0.651. The Balaban J connectivity index is 1.56. The quantitative estimate of drug-likeness (QED) is 0.525. The number of carbonyl (C=O) groups is 1. The average molecular weight is 373 g/mol. The predicted octanol–water partition coefficient (Wildman–Crippen LogP) is 1.87. The number of aryl methyl sites for hydroxylation is 2. The summed E-state index contributed by atoms with van der Waals surface area (Å²) >= 11 is 0. The van der Waals surface area contributed by atoms with Gasteiger partial charge in [-0.05, 0) is 65.5 Å². The largest absolute Gasteiger partial charge is 0.322 e. The molecule has 0 fully saturated rings. The van der Waals surface area contributed by atoms with Gasteiger partial charge in [-0.2, -0.15) is 0 Å². The van der Waals surface area contributed by atoms with E-state index in [0.29, 0.717) is 5.56 Å².